The number of fused-ring (bicyclic) bond motifs is 1. The molecule has 1 aromatic carbocycles. The van der Waals surface area contributed by atoms with Crippen LogP contribution in [0.5, 0.6) is 0 Å². The van der Waals surface area contributed by atoms with Crippen LogP contribution >= 0.6 is 0 Å². The molecule has 2 aromatic rings. The van der Waals surface area contributed by atoms with E-state index in [9.17, 15) is 9.59 Å². The Morgan fingerprint density at radius 3 is 2.65 bits per heavy atom. The maximum atomic E-state index is 12.4. The van der Waals surface area contributed by atoms with Crippen LogP contribution in [0.25, 0.3) is 10.9 Å². The number of benzene rings is 1. The van der Waals surface area contributed by atoms with Crippen molar-refractivity contribution in [2.24, 2.45) is 0 Å². The first-order valence-electron chi connectivity index (χ1n) is 8.14. The first kappa shape index (κ1) is 15.7. The summed E-state index contributed by atoms with van der Waals surface area (Å²) in [6.45, 7) is 7.16. The SMILES string of the molecule is CCN1CCN(C(=O)CCn2ncc(=O)c3ccccc32)CC1. The Labute approximate surface area is 135 Å². The van der Waals surface area contributed by atoms with Crippen molar-refractivity contribution in [2.75, 3.05) is 32.7 Å². The molecular formula is C17H22N4O2. The number of hydrogen-bond donors (Lipinski definition) is 0. The number of carbonyl (C=O) groups excluding carboxylic acids is 1. The molecule has 1 amide bonds. The minimum Gasteiger partial charge on any atom is -0.340 e. The second kappa shape index (κ2) is 6.91. The van der Waals surface area contributed by atoms with Gasteiger partial charge in [0.25, 0.3) is 0 Å². The van der Waals surface area contributed by atoms with Crippen molar-refractivity contribution in [1.29, 1.82) is 0 Å². The van der Waals surface area contributed by atoms with E-state index < -0.39 is 0 Å². The predicted octanol–water partition coefficient (Wildman–Crippen LogP) is 0.951. The molecule has 0 radical (unpaired) electrons. The average molecular weight is 314 g/mol. The van der Waals surface area contributed by atoms with Crippen molar-refractivity contribution < 1.29 is 4.79 Å². The minimum absolute atomic E-state index is 0.0844. The highest BCUT2D eigenvalue weighted by Crippen LogP contribution is 2.09. The van der Waals surface area contributed by atoms with Gasteiger partial charge >= 0.3 is 0 Å². The number of likely N-dealkylation sites (N-methyl/N-ethyl adjacent to an activating group) is 1. The van der Waals surface area contributed by atoms with Gasteiger partial charge in [-0.1, -0.05) is 19.1 Å². The normalized spacial score (nSPS) is 16.0. The van der Waals surface area contributed by atoms with E-state index in [4.69, 9.17) is 0 Å². The van der Waals surface area contributed by atoms with E-state index in [1.807, 2.05) is 23.1 Å². The van der Waals surface area contributed by atoms with Crippen LogP contribution in [-0.2, 0) is 11.3 Å². The zero-order chi connectivity index (χ0) is 16.2. The number of aryl methyl sites for hydroxylation is 1. The molecule has 1 aromatic heterocycles. The van der Waals surface area contributed by atoms with Crippen LogP contribution < -0.4 is 5.43 Å². The topological polar surface area (TPSA) is 58.4 Å². The lowest BCUT2D eigenvalue weighted by atomic mass is 10.2. The van der Waals surface area contributed by atoms with Crippen molar-refractivity contribution in [3.05, 3.63) is 40.7 Å². The Morgan fingerprint density at radius 1 is 1.17 bits per heavy atom. The number of para-hydroxylation sites is 1. The summed E-state index contributed by atoms with van der Waals surface area (Å²) in [5.41, 5.74) is 0.697. The highest BCUT2D eigenvalue weighted by molar-refractivity contribution is 5.79. The number of nitrogens with zero attached hydrogens (tertiary/aromatic N) is 4. The fourth-order valence-electron chi connectivity index (χ4n) is 3.01. The zero-order valence-electron chi connectivity index (χ0n) is 13.4. The first-order chi connectivity index (χ1) is 11.2. The standard InChI is InChI=1S/C17H22N4O2/c1-2-19-9-11-20(12-10-19)17(23)7-8-21-15-6-4-3-5-14(15)16(22)13-18-21/h3-6,13H,2,7-12H2,1H3. The highest BCUT2D eigenvalue weighted by Gasteiger charge is 2.20. The summed E-state index contributed by atoms with van der Waals surface area (Å²) in [6.07, 6.45) is 1.73. The molecule has 0 unspecified atom stereocenters. The van der Waals surface area contributed by atoms with Crippen molar-refractivity contribution in [1.82, 2.24) is 19.6 Å². The van der Waals surface area contributed by atoms with Crippen molar-refractivity contribution in [3.63, 3.8) is 0 Å². The molecule has 1 aliphatic heterocycles. The van der Waals surface area contributed by atoms with Gasteiger partial charge in [-0.05, 0) is 18.7 Å². The van der Waals surface area contributed by atoms with Gasteiger partial charge in [-0.15, -0.1) is 0 Å². The lowest BCUT2D eigenvalue weighted by molar-refractivity contribution is -0.133. The number of hydrogen-bond acceptors (Lipinski definition) is 4. The largest absolute Gasteiger partial charge is 0.340 e. The summed E-state index contributed by atoms with van der Waals surface area (Å²) in [6, 6.07) is 7.38. The summed E-state index contributed by atoms with van der Waals surface area (Å²) in [4.78, 5) is 28.5. The molecule has 6 nitrogen and oxygen atoms in total. The minimum atomic E-state index is -0.0844. The van der Waals surface area contributed by atoms with Crippen molar-refractivity contribution in [3.8, 4) is 0 Å². The number of rotatable bonds is 4. The zero-order valence-corrected chi connectivity index (χ0v) is 13.4. The number of aromatic nitrogens is 2. The fourth-order valence-corrected chi connectivity index (χ4v) is 3.01. The van der Waals surface area contributed by atoms with Gasteiger partial charge in [-0.25, -0.2) is 0 Å². The van der Waals surface area contributed by atoms with Gasteiger partial charge < -0.3 is 9.80 Å². The third-order valence-electron chi connectivity index (χ3n) is 4.47. The molecule has 2 heterocycles. The Bertz CT molecular complexity index is 748. The molecule has 0 saturated carbocycles. The predicted molar refractivity (Wildman–Crippen MR) is 89.3 cm³/mol. The lowest BCUT2D eigenvalue weighted by Crippen LogP contribution is -2.48. The Balaban J connectivity index is 1.66. The molecular weight excluding hydrogens is 292 g/mol. The van der Waals surface area contributed by atoms with Crippen molar-refractivity contribution >= 4 is 16.8 Å². The van der Waals surface area contributed by atoms with E-state index in [0.717, 1.165) is 38.2 Å². The second-order valence-corrected chi connectivity index (χ2v) is 5.81. The van der Waals surface area contributed by atoms with Gasteiger partial charge in [-0.3, -0.25) is 14.3 Å². The highest BCUT2D eigenvalue weighted by atomic mass is 16.2. The molecule has 0 atom stereocenters. The molecule has 0 N–H and O–H groups in total. The van der Waals surface area contributed by atoms with Gasteiger partial charge in [0.2, 0.25) is 11.3 Å². The van der Waals surface area contributed by atoms with E-state index in [2.05, 4.69) is 16.9 Å². The van der Waals surface area contributed by atoms with Crippen LogP contribution in [0.1, 0.15) is 13.3 Å². The number of piperazine rings is 1. The van der Waals surface area contributed by atoms with Gasteiger partial charge in [-0.2, -0.15) is 5.10 Å². The molecule has 3 rings (SSSR count). The molecule has 122 valence electrons. The van der Waals surface area contributed by atoms with E-state index >= 15 is 0 Å². The Kier molecular flexibility index (Phi) is 4.71. The van der Waals surface area contributed by atoms with E-state index in [1.165, 1.54) is 6.20 Å². The van der Waals surface area contributed by atoms with Crippen LogP contribution in [0, 0.1) is 0 Å². The van der Waals surface area contributed by atoms with Crippen LogP contribution in [0.2, 0.25) is 0 Å². The van der Waals surface area contributed by atoms with Crippen LogP contribution in [0.4, 0.5) is 0 Å². The van der Waals surface area contributed by atoms with E-state index in [-0.39, 0.29) is 11.3 Å². The monoisotopic (exact) mass is 314 g/mol. The van der Waals surface area contributed by atoms with Gasteiger partial charge in [0.15, 0.2) is 0 Å². The first-order valence-corrected chi connectivity index (χ1v) is 8.14. The number of carbonyl (C=O) groups is 1. The lowest BCUT2D eigenvalue weighted by Gasteiger charge is -2.34. The van der Waals surface area contributed by atoms with Gasteiger partial charge in [0, 0.05) is 38.0 Å². The number of amides is 1. The molecule has 0 bridgehead atoms. The summed E-state index contributed by atoms with van der Waals surface area (Å²) in [5.74, 6) is 0.158. The van der Waals surface area contributed by atoms with Crippen LogP contribution in [0.3, 0.4) is 0 Å². The van der Waals surface area contributed by atoms with Crippen LogP contribution in [-0.4, -0.2) is 58.2 Å². The van der Waals surface area contributed by atoms with Crippen LogP contribution in [0.15, 0.2) is 35.3 Å². The molecule has 1 fully saturated rings. The van der Waals surface area contributed by atoms with E-state index in [0.29, 0.717) is 18.4 Å². The molecule has 23 heavy (non-hydrogen) atoms. The van der Waals surface area contributed by atoms with Crippen molar-refractivity contribution in [2.45, 2.75) is 19.9 Å². The molecule has 1 aliphatic rings. The fraction of sp³-hybridized carbons (Fsp3) is 0.471. The summed E-state index contributed by atoms with van der Waals surface area (Å²) >= 11 is 0. The Hall–Kier alpha value is -2.21. The quantitative estimate of drug-likeness (QED) is 0.843. The maximum Gasteiger partial charge on any atom is 0.224 e. The summed E-state index contributed by atoms with van der Waals surface area (Å²) in [7, 11) is 0. The van der Waals surface area contributed by atoms with Gasteiger partial charge in [0.1, 0.15) is 0 Å². The summed E-state index contributed by atoms with van der Waals surface area (Å²) < 4.78 is 1.75. The smallest absolute Gasteiger partial charge is 0.224 e. The van der Waals surface area contributed by atoms with Gasteiger partial charge in [0.05, 0.1) is 18.3 Å². The maximum absolute atomic E-state index is 12.4. The average Bonchev–Trinajstić information content (AvgIpc) is 2.61. The Morgan fingerprint density at radius 2 is 1.91 bits per heavy atom. The summed E-state index contributed by atoms with van der Waals surface area (Å²) in [5, 5.41) is 4.82. The third kappa shape index (κ3) is 3.42. The second-order valence-electron chi connectivity index (χ2n) is 5.81. The van der Waals surface area contributed by atoms with E-state index in [1.54, 1.807) is 10.7 Å². The molecule has 0 aliphatic carbocycles. The third-order valence-corrected chi connectivity index (χ3v) is 4.47. The molecule has 0 spiro atoms. The molecule has 1 saturated heterocycles. The molecule has 6 heteroatoms.